The minimum absolute atomic E-state index is 0.0305. The van der Waals surface area contributed by atoms with Crippen LogP contribution in [0.25, 0.3) is 0 Å². The van der Waals surface area contributed by atoms with E-state index in [1.807, 2.05) is 50.5 Å². The predicted molar refractivity (Wildman–Crippen MR) is 79.0 cm³/mol. The number of rotatable bonds is 5. The van der Waals surface area contributed by atoms with Crippen LogP contribution in [-0.4, -0.2) is 15.7 Å². The van der Waals surface area contributed by atoms with E-state index in [2.05, 4.69) is 5.32 Å². The molecule has 0 amide bonds. The first-order valence-electron chi connectivity index (χ1n) is 6.34. The van der Waals surface area contributed by atoms with Crippen molar-refractivity contribution in [1.29, 1.82) is 0 Å². The van der Waals surface area contributed by atoms with E-state index in [1.54, 1.807) is 9.13 Å². The molecule has 0 unspecified atom stereocenters. The van der Waals surface area contributed by atoms with Crippen LogP contribution in [0.15, 0.2) is 41.5 Å². The topological polar surface area (TPSA) is 39.0 Å². The SMILES string of the molecule is CC(C)n1ccn(CCNc2cccc(Cl)c2)c1=O. The maximum atomic E-state index is 12.0. The van der Waals surface area contributed by atoms with Gasteiger partial charge in [-0.15, -0.1) is 0 Å². The van der Waals surface area contributed by atoms with Crippen LogP contribution >= 0.6 is 11.6 Å². The lowest BCUT2D eigenvalue weighted by Gasteiger charge is -2.07. The number of aromatic nitrogens is 2. The average molecular weight is 280 g/mol. The maximum Gasteiger partial charge on any atom is 0.328 e. The van der Waals surface area contributed by atoms with Crippen molar-refractivity contribution in [3.63, 3.8) is 0 Å². The molecule has 0 spiro atoms. The van der Waals surface area contributed by atoms with E-state index in [0.717, 1.165) is 5.69 Å². The molecule has 5 heteroatoms. The minimum Gasteiger partial charge on any atom is -0.383 e. The molecule has 1 N–H and O–H groups in total. The van der Waals surface area contributed by atoms with Crippen molar-refractivity contribution in [1.82, 2.24) is 9.13 Å². The summed E-state index contributed by atoms with van der Waals surface area (Å²) in [7, 11) is 0. The van der Waals surface area contributed by atoms with Crippen molar-refractivity contribution in [2.75, 3.05) is 11.9 Å². The normalized spacial score (nSPS) is 10.9. The number of hydrogen-bond donors (Lipinski definition) is 1. The van der Waals surface area contributed by atoms with Gasteiger partial charge in [-0.3, -0.25) is 9.13 Å². The molecule has 0 aliphatic carbocycles. The van der Waals surface area contributed by atoms with E-state index >= 15 is 0 Å². The van der Waals surface area contributed by atoms with E-state index in [0.29, 0.717) is 18.1 Å². The monoisotopic (exact) mass is 279 g/mol. The second-order valence-electron chi connectivity index (χ2n) is 4.71. The fourth-order valence-corrected chi connectivity index (χ4v) is 2.10. The average Bonchev–Trinajstić information content (AvgIpc) is 2.71. The Morgan fingerprint density at radius 1 is 1.32 bits per heavy atom. The Kier molecular flexibility index (Phi) is 4.32. The summed E-state index contributed by atoms with van der Waals surface area (Å²) in [6, 6.07) is 7.73. The van der Waals surface area contributed by atoms with Crippen molar-refractivity contribution >= 4 is 17.3 Å². The highest BCUT2D eigenvalue weighted by atomic mass is 35.5. The van der Waals surface area contributed by atoms with Crippen LogP contribution in [0, 0.1) is 0 Å². The van der Waals surface area contributed by atoms with Crippen molar-refractivity contribution in [3.8, 4) is 0 Å². The summed E-state index contributed by atoms with van der Waals surface area (Å²) in [5.41, 5.74) is 0.992. The Balaban J connectivity index is 1.95. The zero-order valence-corrected chi connectivity index (χ0v) is 11.9. The molecule has 1 aromatic heterocycles. The predicted octanol–water partition coefficient (Wildman–Crippen LogP) is 3.00. The van der Waals surface area contributed by atoms with E-state index in [1.165, 1.54) is 0 Å². The molecule has 4 nitrogen and oxygen atoms in total. The van der Waals surface area contributed by atoms with Crippen molar-refractivity contribution in [2.45, 2.75) is 26.4 Å². The largest absolute Gasteiger partial charge is 0.383 e. The Bertz CT molecular complexity index is 601. The molecule has 0 aliphatic heterocycles. The standard InChI is InChI=1S/C14H18ClN3O/c1-11(2)18-9-8-17(14(18)19)7-6-16-13-5-3-4-12(15)10-13/h3-5,8-11,16H,6-7H2,1-2H3. The lowest BCUT2D eigenvalue weighted by Crippen LogP contribution is -2.27. The summed E-state index contributed by atoms with van der Waals surface area (Å²) in [4.78, 5) is 12.0. The molecule has 102 valence electrons. The first-order valence-corrected chi connectivity index (χ1v) is 6.72. The molecular formula is C14H18ClN3O. The van der Waals surface area contributed by atoms with Crippen molar-refractivity contribution < 1.29 is 0 Å². The summed E-state index contributed by atoms with van der Waals surface area (Å²) in [6.07, 6.45) is 3.65. The highest BCUT2D eigenvalue weighted by Gasteiger charge is 2.05. The van der Waals surface area contributed by atoms with E-state index in [-0.39, 0.29) is 11.7 Å². The second kappa shape index (κ2) is 5.97. The Morgan fingerprint density at radius 2 is 2.11 bits per heavy atom. The number of halogens is 1. The summed E-state index contributed by atoms with van der Waals surface area (Å²) in [6.45, 7) is 5.30. The first-order chi connectivity index (χ1) is 9.08. The number of nitrogens with one attached hydrogen (secondary N) is 1. The Morgan fingerprint density at radius 3 is 2.74 bits per heavy atom. The molecule has 1 heterocycles. The smallest absolute Gasteiger partial charge is 0.328 e. The third kappa shape index (κ3) is 3.41. The van der Waals surface area contributed by atoms with Gasteiger partial charge < -0.3 is 5.32 Å². The van der Waals surface area contributed by atoms with Gasteiger partial charge in [-0.25, -0.2) is 4.79 Å². The molecule has 0 aliphatic rings. The van der Waals surface area contributed by atoms with Gasteiger partial charge in [-0.05, 0) is 32.0 Å². The molecule has 1 aromatic carbocycles. The van der Waals surface area contributed by atoms with Gasteiger partial charge in [-0.2, -0.15) is 0 Å². The van der Waals surface area contributed by atoms with Crippen LogP contribution < -0.4 is 11.0 Å². The summed E-state index contributed by atoms with van der Waals surface area (Å²) in [5.74, 6) is 0. The molecule has 0 radical (unpaired) electrons. The fourth-order valence-electron chi connectivity index (χ4n) is 1.91. The highest BCUT2D eigenvalue weighted by molar-refractivity contribution is 6.30. The number of nitrogens with zero attached hydrogens (tertiary/aromatic N) is 2. The van der Waals surface area contributed by atoms with Crippen LogP contribution in [0.3, 0.4) is 0 Å². The maximum absolute atomic E-state index is 12.0. The number of hydrogen-bond acceptors (Lipinski definition) is 2. The van der Waals surface area contributed by atoms with Gasteiger partial charge in [0.1, 0.15) is 0 Å². The van der Waals surface area contributed by atoms with E-state index < -0.39 is 0 Å². The molecule has 0 saturated heterocycles. The number of anilines is 1. The third-order valence-corrected chi connectivity index (χ3v) is 3.17. The third-order valence-electron chi connectivity index (χ3n) is 2.94. The van der Waals surface area contributed by atoms with Gasteiger partial charge in [0.25, 0.3) is 0 Å². The zero-order valence-electron chi connectivity index (χ0n) is 11.1. The lowest BCUT2D eigenvalue weighted by molar-refractivity contribution is 0.555. The molecule has 19 heavy (non-hydrogen) atoms. The highest BCUT2D eigenvalue weighted by Crippen LogP contribution is 2.14. The molecule has 0 saturated carbocycles. The first kappa shape index (κ1) is 13.7. The van der Waals surface area contributed by atoms with E-state index in [9.17, 15) is 4.79 Å². The molecular weight excluding hydrogens is 262 g/mol. The molecule has 2 aromatic rings. The number of benzene rings is 1. The number of imidazole rings is 1. The summed E-state index contributed by atoms with van der Waals surface area (Å²) in [5, 5.41) is 3.95. The molecule has 0 bridgehead atoms. The van der Waals surface area contributed by atoms with Crippen LogP contribution in [-0.2, 0) is 6.54 Å². The Labute approximate surface area is 117 Å². The fraction of sp³-hybridized carbons (Fsp3) is 0.357. The van der Waals surface area contributed by atoms with Gasteiger partial charge in [0, 0.05) is 42.2 Å². The van der Waals surface area contributed by atoms with Crippen LogP contribution in [0.5, 0.6) is 0 Å². The van der Waals surface area contributed by atoms with Crippen molar-refractivity contribution in [3.05, 3.63) is 52.2 Å². The Hall–Kier alpha value is -1.68. The van der Waals surface area contributed by atoms with Gasteiger partial charge in [0.05, 0.1) is 0 Å². The molecule has 0 atom stereocenters. The second-order valence-corrected chi connectivity index (χ2v) is 5.15. The van der Waals surface area contributed by atoms with Gasteiger partial charge >= 0.3 is 5.69 Å². The quantitative estimate of drug-likeness (QED) is 0.914. The zero-order chi connectivity index (χ0) is 13.8. The van der Waals surface area contributed by atoms with Crippen LogP contribution in [0.2, 0.25) is 5.02 Å². The van der Waals surface area contributed by atoms with E-state index in [4.69, 9.17) is 11.6 Å². The minimum atomic E-state index is 0.0305. The van der Waals surface area contributed by atoms with Crippen LogP contribution in [0.1, 0.15) is 19.9 Å². The van der Waals surface area contributed by atoms with Gasteiger partial charge in [0.15, 0.2) is 0 Å². The molecule has 2 rings (SSSR count). The van der Waals surface area contributed by atoms with Crippen LogP contribution in [0.4, 0.5) is 5.69 Å². The lowest BCUT2D eigenvalue weighted by atomic mass is 10.3. The summed E-state index contributed by atoms with van der Waals surface area (Å²) < 4.78 is 3.43. The van der Waals surface area contributed by atoms with Crippen molar-refractivity contribution in [2.24, 2.45) is 0 Å². The van der Waals surface area contributed by atoms with Gasteiger partial charge in [0.2, 0.25) is 0 Å². The molecule has 0 fully saturated rings. The van der Waals surface area contributed by atoms with Gasteiger partial charge in [-0.1, -0.05) is 17.7 Å². The summed E-state index contributed by atoms with van der Waals surface area (Å²) >= 11 is 5.91.